The molecule has 1 aromatic heterocycles. The summed E-state index contributed by atoms with van der Waals surface area (Å²) in [5.74, 6) is -0.0723. The molecule has 2 rings (SSSR count). The van der Waals surface area contributed by atoms with Gasteiger partial charge in [-0.2, -0.15) is 5.10 Å². The van der Waals surface area contributed by atoms with Gasteiger partial charge < -0.3 is 5.32 Å². The molecule has 4 nitrogen and oxygen atoms in total. The fourth-order valence-corrected chi connectivity index (χ4v) is 1.79. The smallest absolute Gasteiger partial charge is 0.251 e. The van der Waals surface area contributed by atoms with Crippen LogP contribution in [-0.4, -0.2) is 22.2 Å². The van der Waals surface area contributed by atoms with Crippen molar-refractivity contribution in [1.82, 2.24) is 15.1 Å². The molecule has 0 unspecified atom stereocenters. The summed E-state index contributed by atoms with van der Waals surface area (Å²) >= 11 is 5.74. The van der Waals surface area contributed by atoms with Crippen LogP contribution in [0.2, 0.25) is 5.02 Å². The van der Waals surface area contributed by atoms with Crippen molar-refractivity contribution in [3.05, 3.63) is 52.8 Å². The Hall–Kier alpha value is -1.81. The Morgan fingerprint density at radius 1 is 1.50 bits per heavy atom. The van der Waals surface area contributed by atoms with Crippen LogP contribution in [0.1, 0.15) is 15.9 Å². The third kappa shape index (κ3) is 3.34. The van der Waals surface area contributed by atoms with Gasteiger partial charge >= 0.3 is 0 Å². The minimum absolute atomic E-state index is 0.0723. The molecule has 0 saturated carbocycles. The molecule has 0 fully saturated rings. The van der Waals surface area contributed by atoms with E-state index in [4.69, 9.17) is 11.6 Å². The summed E-state index contributed by atoms with van der Waals surface area (Å²) in [6.45, 7) is 3.08. The maximum atomic E-state index is 11.8. The summed E-state index contributed by atoms with van der Waals surface area (Å²) in [6.07, 6.45) is 3.30. The van der Waals surface area contributed by atoms with E-state index in [2.05, 4.69) is 10.4 Å². The minimum Gasteiger partial charge on any atom is -0.350 e. The van der Waals surface area contributed by atoms with Crippen molar-refractivity contribution >= 4 is 17.5 Å². The molecule has 0 spiro atoms. The normalized spacial score (nSPS) is 10.3. The highest BCUT2D eigenvalue weighted by Gasteiger charge is 2.04. The molecule has 0 saturated heterocycles. The monoisotopic (exact) mass is 263 g/mol. The van der Waals surface area contributed by atoms with E-state index in [-0.39, 0.29) is 5.91 Å². The fraction of sp³-hybridized carbons (Fsp3) is 0.231. The second kappa shape index (κ2) is 5.69. The van der Waals surface area contributed by atoms with E-state index in [1.165, 1.54) is 0 Å². The number of hydrogen-bond donors (Lipinski definition) is 1. The van der Waals surface area contributed by atoms with E-state index in [1.54, 1.807) is 23.1 Å². The van der Waals surface area contributed by atoms with Gasteiger partial charge in [0.15, 0.2) is 0 Å². The van der Waals surface area contributed by atoms with Gasteiger partial charge in [-0.05, 0) is 19.1 Å². The van der Waals surface area contributed by atoms with E-state index in [0.717, 1.165) is 5.56 Å². The second-order valence-corrected chi connectivity index (χ2v) is 4.48. The van der Waals surface area contributed by atoms with Gasteiger partial charge in [0.1, 0.15) is 0 Å². The van der Waals surface area contributed by atoms with E-state index in [0.29, 0.717) is 23.7 Å². The lowest BCUT2D eigenvalue weighted by molar-refractivity contribution is 0.0952. The molecule has 0 aliphatic carbocycles. The highest BCUT2D eigenvalue weighted by Crippen LogP contribution is 2.05. The number of amides is 1. The molecule has 0 aliphatic heterocycles. The Kier molecular flexibility index (Phi) is 3.99. The van der Waals surface area contributed by atoms with Crippen LogP contribution in [0.5, 0.6) is 0 Å². The molecule has 1 heterocycles. The van der Waals surface area contributed by atoms with Gasteiger partial charge in [0.05, 0.1) is 17.8 Å². The predicted octanol–water partition coefficient (Wildman–Crippen LogP) is 2.27. The number of nitrogens with zero attached hydrogens (tertiary/aromatic N) is 2. The number of rotatable bonds is 4. The predicted molar refractivity (Wildman–Crippen MR) is 70.7 cm³/mol. The van der Waals surface area contributed by atoms with Crippen molar-refractivity contribution < 1.29 is 4.79 Å². The molecule has 94 valence electrons. The van der Waals surface area contributed by atoms with Crippen molar-refractivity contribution in [3.63, 3.8) is 0 Å². The van der Waals surface area contributed by atoms with Crippen molar-refractivity contribution in [3.8, 4) is 0 Å². The summed E-state index contributed by atoms with van der Waals surface area (Å²) in [7, 11) is 0. The first kappa shape index (κ1) is 12.6. The first-order chi connectivity index (χ1) is 8.65. The van der Waals surface area contributed by atoms with Gasteiger partial charge in [0.2, 0.25) is 0 Å². The van der Waals surface area contributed by atoms with Gasteiger partial charge in [0, 0.05) is 18.3 Å². The van der Waals surface area contributed by atoms with Crippen molar-refractivity contribution in [2.45, 2.75) is 13.5 Å². The number of aromatic nitrogens is 2. The molecule has 0 radical (unpaired) electrons. The average molecular weight is 264 g/mol. The molecule has 5 heteroatoms. The standard InChI is InChI=1S/C13H14ClN3O/c1-10-3-2-4-11(7-10)13(18)15-5-6-17-9-12(14)8-16-17/h2-4,7-9H,5-6H2,1H3,(H,15,18). The van der Waals surface area contributed by atoms with E-state index in [1.807, 2.05) is 25.1 Å². The van der Waals surface area contributed by atoms with Gasteiger partial charge in [-0.25, -0.2) is 0 Å². The van der Waals surface area contributed by atoms with Gasteiger partial charge in [-0.15, -0.1) is 0 Å². The summed E-state index contributed by atoms with van der Waals surface area (Å²) in [5, 5.41) is 7.47. The van der Waals surface area contributed by atoms with Gasteiger partial charge in [-0.1, -0.05) is 29.3 Å². The highest BCUT2D eigenvalue weighted by atomic mass is 35.5. The fourth-order valence-electron chi connectivity index (χ4n) is 1.63. The Morgan fingerprint density at radius 2 is 2.33 bits per heavy atom. The van der Waals surface area contributed by atoms with E-state index < -0.39 is 0 Å². The summed E-state index contributed by atoms with van der Waals surface area (Å²) in [5.41, 5.74) is 1.75. The quantitative estimate of drug-likeness (QED) is 0.920. The second-order valence-electron chi connectivity index (χ2n) is 4.05. The van der Waals surface area contributed by atoms with Crippen molar-refractivity contribution in [2.24, 2.45) is 0 Å². The largest absolute Gasteiger partial charge is 0.350 e. The summed E-state index contributed by atoms with van der Waals surface area (Å²) in [6, 6.07) is 7.49. The number of benzene rings is 1. The van der Waals surface area contributed by atoms with Crippen LogP contribution in [0.3, 0.4) is 0 Å². The van der Waals surface area contributed by atoms with Crippen molar-refractivity contribution in [2.75, 3.05) is 6.54 Å². The average Bonchev–Trinajstić information content (AvgIpc) is 2.75. The lowest BCUT2D eigenvalue weighted by Gasteiger charge is -2.06. The number of nitrogens with one attached hydrogen (secondary N) is 1. The first-order valence-electron chi connectivity index (χ1n) is 5.68. The van der Waals surface area contributed by atoms with Crippen LogP contribution in [-0.2, 0) is 6.54 Å². The van der Waals surface area contributed by atoms with Crippen LogP contribution in [0, 0.1) is 6.92 Å². The topological polar surface area (TPSA) is 46.9 Å². The molecule has 0 atom stereocenters. The zero-order valence-electron chi connectivity index (χ0n) is 10.1. The summed E-state index contributed by atoms with van der Waals surface area (Å²) in [4.78, 5) is 11.8. The molecule has 1 N–H and O–H groups in total. The molecular weight excluding hydrogens is 250 g/mol. The summed E-state index contributed by atoms with van der Waals surface area (Å²) < 4.78 is 1.69. The molecule has 18 heavy (non-hydrogen) atoms. The minimum atomic E-state index is -0.0723. The third-order valence-corrected chi connectivity index (χ3v) is 2.70. The number of carbonyl (C=O) groups is 1. The Balaban J connectivity index is 1.85. The molecule has 0 aliphatic rings. The lowest BCUT2D eigenvalue weighted by atomic mass is 10.1. The van der Waals surface area contributed by atoms with Gasteiger partial charge in [-0.3, -0.25) is 9.48 Å². The molecule has 0 bridgehead atoms. The lowest BCUT2D eigenvalue weighted by Crippen LogP contribution is -2.27. The van der Waals surface area contributed by atoms with Crippen molar-refractivity contribution in [1.29, 1.82) is 0 Å². The zero-order chi connectivity index (χ0) is 13.0. The van der Waals surface area contributed by atoms with E-state index >= 15 is 0 Å². The maximum Gasteiger partial charge on any atom is 0.251 e. The highest BCUT2D eigenvalue weighted by molar-refractivity contribution is 6.30. The third-order valence-electron chi connectivity index (χ3n) is 2.51. The van der Waals surface area contributed by atoms with Crippen LogP contribution >= 0.6 is 11.6 Å². The number of hydrogen-bond acceptors (Lipinski definition) is 2. The van der Waals surface area contributed by atoms with Crippen LogP contribution in [0.4, 0.5) is 0 Å². The number of halogens is 1. The number of carbonyl (C=O) groups excluding carboxylic acids is 1. The molecule has 1 aromatic carbocycles. The van der Waals surface area contributed by atoms with E-state index in [9.17, 15) is 4.79 Å². The van der Waals surface area contributed by atoms with Crippen LogP contribution in [0.25, 0.3) is 0 Å². The Morgan fingerprint density at radius 3 is 3.00 bits per heavy atom. The number of aryl methyl sites for hydroxylation is 1. The molecule has 1 amide bonds. The molecule has 2 aromatic rings. The maximum absolute atomic E-state index is 11.8. The Bertz CT molecular complexity index is 551. The SMILES string of the molecule is Cc1cccc(C(=O)NCCn2cc(Cl)cn2)c1. The van der Waals surface area contributed by atoms with Gasteiger partial charge in [0.25, 0.3) is 5.91 Å². The Labute approximate surface area is 111 Å². The van der Waals surface area contributed by atoms with Crippen LogP contribution < -0.4 is 5.32 Å². The first-order valence-corrected chi connectivity index (χ1v) is 6.06. The van der Waals surface area contributed by atoms with Crippen LogP contribution in [0.15, 0.2) is 36.7 Å². The zero-order valence-corrected chi connectivity index (χ0v) is 10.8. The molecular formula is C13H14ClN3O.